The number of rotatable bonds is 5. The Morgan fingerprint density at radius 1 is 1.12 bits per heavy atom. The van der Waals surface area contributed by atoms with Gasteiger partial charge in [-0.1, -0.05) is 18.2 Å². The predicted octanol–water partition coefficient (Wildman–Crippen LogP) is 4.87. The second-order valence-corrected chi connectivity index (χ2v) is 7.88. The number of carbonyl (C=O) groups is 1. The van der Waals surface area contributed by atoms with Gasteiger partial charge >= 0.3 is 5.97 Å². The van der Waals surface area contributed by atoms with Gasteiger partial charge in [-0.05, 0) is 54.4 Å². The number of methoxy groups -OCH3 is 1. The molecule has 0 fully saturated rings. The number of ether oxygens (including phenoxy) is 1. The maximum Gasteiger partial charge on any atom is 0.319 e. The molecule has 1 aromatic heterocycles. The number of fused-ring (bicyclic) bond motifs is 1. The molecule has 0 radical (unpaired) electrons. The molecule has 3 aromatic rings. The molecule has 0 unspecified atom stereocenters. The second kappa shape index (κ2) is 6.76. The highest BCUT2D eigenvalue weighted by atomic mass is 32.2. The summed E-state index contributed by atoms with van der Waals surface area (Å²) in [6, 6.07) is 14.0. The van der Waals surface area contributed by atoms with Crippen LogP contribution in [0.3, 0.4) is 0 Å². The number of nitrogens with zero attached hydrogens (tertiary/aromatic N) is 1. The van der Waals surface area contributed by atoms with Crippen molar-refractivity contribution in [3.05, 3.63) is 54.9 Å². The van der Waals surface area contributed by atoms with E-state index in [1.165, 1.54) is 11.8 Å². The lowest BCUT2D eigenvalue weighted by Gasteiger charge is -2.20. The van der Waals surface area contributed by atoms with E-state index >= 15 is 0 Å². The normalized spacial score (nSPS) is 11.5. The van der Waals surface area contributed by atoms with Gasteiger partial charge in [-0.3, -0.25) is 9.78 Å². The van der Waals surface area contributed by atoms with E-state index in [-0.39, 0.29) is 0 Å². The monoisotopic (exact) mass is 353 g/mol. The molecule has 0 amide bonds. The molecule has 3 rings (SSSR count). The molecule has 25 heavy (non-hydrogen) atoms. The largest absolute Gasteiger partial charge is 0.497 e. The lowest BCUT2D eigenvalue weighted by atomic mass is 10.0. The molecule has 2 aromatic carbocycles. The van der Waals surface area contributed by atoms with E-state index in [1.807, 2.05) is 36.4 Å². The van der Waals surface area contributed by atoms with Gasteiger partial charge in [0.25, 0.3) is 0 Å². The van der Waals surface area contributed by atoms with E-state index in [2.05, 4.69) is 11.1 Å². The summed E-state index contributed by atoms with van der Waals surface area (Å²) < 4.78 is 4.35. The zero-order valence-electron chi connectivity index (χ0n) is 14.3. The second-order valence-electron chi connectivity index (χ2n) is 6.22. The number of carboxylic acids is 1. The third-order valence-corrected chi connectivity index (χ3v) is 5.28. The van der Waals surface area contributed by atoms with E-state index in [1.54, 1.807) is 33.4 Å². The Labute approximate surface area is 150 Å². The Morgan fingerprint density at radius 2 is 1.84 bits per heavy atom. The molecule has 4 nitrogen and oxygen atoms in total. The number of hydrogen-bond acceptors (Lipinski definition) is 4. The average molecular weight is 353 g/mol. The predicted molar refractivity (Wildman–Crippen MR) is 101 cm³/mol. The molecule has 1 N–H and O–H groups in total. The van der Waals surface area contributed by atoms with Gasteiger partial charge in [0, 0.05) is 22.9 Å². The molecule has 0 atom stereocenters. The zero-order chi connectivity index (χ0) is 18.0. The third kappa shape index (κ3) is 3.61. The lowest BCUT2D eigenvalue weighted by molar-refractivity contribution is -0.138. The quantitative estimate of drug-likeness (QED) is 0.663. The summed E-state index contributed by atoms with van der Waals surface area (Å²) in [5.41, 5.74) is 1.94. The smallest absolute Gasteiger partial charge is 0.319 e. The molecule has 0 saturated heterocycles. The van der Waals surface area contributed by atoms with Crippen LogP contribution in [0.25, 0.3) is 21.9 Å². The van der Waals surface area contributed by atoms with Gasteiger partial charge in [0.2, 0.25) is 0 Å². The summed E-state index contributed by atoms with van der Waals surface area (Å²) in [5.74, 6) is -0.0213. The fourth-order valence-corrected chi connectivity index (χ4v) is 3.57. The first-order valence-electron chi connectivity index (χ1n) is 7.85. The summed E-state index contributed by atoms with van der Waals surface area (Å²) in [7, 11) is 1.65. The number of hydrogen-bond donors (Lipinski definition) is 1. The summed E-state index contributed by atoms with van der Waals surface area (Å²) in [6.07, 6.45) is 3.47. The van der Waals surface area contributed by atoms with Crippen molar-refractivity contribution in [1.29, 1.82) is 0 Å². The van der Waals surface area contributed by atoms with Crippen molar-refractivity contribution >= 4 is 28.5 Å². The van der Waals surface area contributed by atoms with Crippen LogP contribution in [-0.2, 0) is 4.79 Å². The van der Waals surface area contributed by atoms with Gasteiger partial charge in [-0.25, -0.2) is 0 Å². The van der Waals surface area contributed by atoms with E-state index < -0.39 is 10.7 Å². The molecule has 5 heteroatoms. The molecule has 0 bridgehead atoms. The highest BCUT2D eigenvalue weighted by molar-refractivity contribution is 8.01. The Bertz CT molecular complexity index is 937. The summed E-state index contributed by atoms with van der Waals surface area (Å²) in [5, 5.41) is 11.6. The number of aliphatic carboxylic acids is 1. The van der Waals surface area contributed by atoms with Crippen LogP contribution in [0.15, 0.2) is 59.8 Å². The number of carboxylic acid groups (broad SMARTS) is 1. The van der Waals surface area contributed by atoms with Crippen molar-refractivity contribution in [2.45, 2.75) is 23.5 Å². The number of aromatic nitrogens is 1. The molecular weight excluding hydrogens is 334 g/mol. The van der Waals surface area contributed by atoms with E-state index in [4.69, 9.17) is 4.74 Å². The van der Waals surface area contributed by atoms with E-state index in [9.17, 15) is 9.90 Å². The van der Waals surface area contributed by atoms with Gasteiger partial charge in [-0.15, -0.1) is 11.8 Å². The minimum atomic E-state index is -0.916. The van der Waals surface area contributed by atoms with Crippen molar-refractivity contribution in [1.82, 2.24) is 4.98 Å². The van der Waals surface area contributed by atoms with Crippen LogP contribution in [0, 0.1) is 0 Å². The third-order valence-electron chi connectivity index (χ3n) is 4.02. The number of benzene rings is 2. The van der Waals surface area contributed by atoms with Crippen LogP contribution in [-0.4, -0.2) is 27.9 Å². The average Bonchev–Trinajstić information content (AvgIpc) is 2.61. The molecule has 128 valence electrons. The van der Waals surface area contributed by atoms with Gasteiger partial charge in [0.1, 0.15) is 10.5 Å². The minimum Gasteiger partial charge on any atom is -0.497 e. The van der Waals surface area contributed by atoms with Gasteiger partial charge in [-0.2, -0.15) is 0 Å². The Morgan fingerprint density at radius 3 is 2.56 bits per heavy atom. The maximum atomic E-state index is 11.5. The van der Waals surface area contributed by atoms with Crippen molar-refractivity contribution in [3.63, 3.8) is 0 Å². The first-order valence-corrected chi connectivity index (χ1v) is 8.67. The molecule has 0 aliphatic rings. The van der Waals surface area contributed by atoms with Crippen LogP contribution >= 0.6 is 11.8 Å². The van der Waals surface area contributed by atoms with E-state index in [0.29, 0.717) is 0 Å². The lowest BCUT2D eigenvalue weighted by Crippen LogP contribution is -2.27. The molecule has 0 aliphatic heterocycles. The fraction of sp³-hybridized carbons (Fsp3) is 0.200. The Kier molecular flexibility index (Phi) is 4.68. The Balaban J connectivity index is 2.05. The van der Waals surface area contributed by atoms with Crippen LogP contribution < -0.4 is 4.74 Å². The van der Waals surface area contributed by atoms with Crippen LogP contribution in [0.4, 0.5) is 0 Å². The number of thioether (sulfide) groups is 1. The SMILES string of the molecule is COc1ccc2cc(-c3cnccc3SC(C)(C)C(=O)O)ccc2c1. The molecule has 0 saturated carbocycles. The highest BCUT2D eigenvalue weighted by Gasteiger charge is 2.29. The van der Waals surface area contributed by atoms with Crippen molar-refractivity contribution in [2.24, 2.45) is 0 Å². The Hall–Kier alpha value is -2.53. The zero-order valence-corrected chi connectivity index (χ0v) is 15.1. The molecule has 0 spiro atoms. The van der Waals surface area contributed by atoms with E-state index in [0.717, 1.165) is 32.5 Å². The van der Waals surface area contributed by atoms with Gasteiger partial charge < -0.3 is 9.84 Å². The summed E-state index contributed by atoms with van der Waals surface area (Å²) in [4.78, 5) is 16.6. The molecular formula is C20H19NO3S. The minimum absolute atomic E-state index is 0.820. The summed E-state index contributed by atoms with van der Waals surface area (Å²) >= 11 is 1.33. The van der Waals surface area contributed by atoms with Crippen molar-refractivity contribution in [3.8, 4) is 16.9 Å². The summed E-state index contributed by atoms with van der Waals surface area (Å²) in [6.45, 7) is 3.41. The highest BCUT2D eigenvalue weighted by Crippen LogP contribution is 2.39. The van der Waals surface area contributed by atoms with Gasteiger partial charge in [0.15, 0.2) is 0 Å². The van der Waals surface area contributed by atoms with Crippen molar-refractivity contribution in [2.75, 3.05) is 7.11 Å². The standard InChI is InChI=1S/C20H19NO3S/c1-20(2,19(22)23)25-18-8-9-21-12-17(18)15-5-4-14-11-16(24-3)7-6-13(14)10-15/h4-12H,1-3H3,(H,22,23). The van der Waals surface area contributed by atoms with Crippen LogP contribution in [0.1, 0.15) is 13.8 Å². The maximum absolute atomic E-state index is 11.5. The van der Waals surface area contributed by atoms with Crippen LogP contribution in [0.2, 0.25) is 0 Å². The topological polar surface area (TPSA) is 59.4 Å². The molecule has 1 heterocycles. The molecule has 0 aliphatic carbocycles. The first kappa shape index (κ1) is 17.3. The van der Waals surface area contributed by atoms with Crippen molar-refractivity contribution < 1.29 is 14.6 Å². The van der Waals surface area contributed by atoms with Crippen LogP contribution in [0.5, 0.6) is 5.75 Å². The fourth-order valence-electron chi connectivity index (χ4n) is 2.52. The first-order chi connectivity index (χ1) is 11.9. The van der Waals surface area contributed by atoms with Gasteiger partial charge in [0.05, 0.1) is 7.11 Å². The number of pyridine rings is 1.